The van der Waals surface area contributed by atoms with Crippen LogP contribution in [0.15, 0.2) is 11.6 Å². The molecule has 0 unspecified atom stereocenters. The van der Waals surface area contributed by atoms with Crippen molar-refractivity contribution in [3.8, 4) is 0 Å². The number of hydrogen-bond donors (Lipinski definition) is 1. The van der Waals surface area contributed by atoms with Crippen LogP contribution in [0.3, 0.4) is 0 Å². The van der Waals surface area contributed by atoms with Crippen molar-refractivity contribution in [1.29, 1.82) is 0 Å². The van der Waals surface area contributed by atoms with Gasteiger partial charge in [-0.1, -0.05) is 60.1 Å². The van der Waals surface area contributed by atoms with E-state index in [0.717, 1.165) is 25.7 Å². The molecule has 49 heavy (non-hydrogen) atoms. The predicted octanol–water partition coefficient (Wildman–Crippen LogP) is 5.97. The van der Waals surface area contributed by atoms with Crippen LogP contribution in [0.5, 0.6) is 0 Å². The molecule has 1 aliphatic heterocycles. The highest BCUT2D eigenvalue weighted by Gasteiger charge is 2.72. The molecule has 1 heterocycles. The topological polar surface area (TPSA) is 121 Å². The van der Waals surface area contributed by atoms with Gasteiger partial charge in [0.05, 0.1) is 25.7 Å². The summed E-state index contributed by atoms with van der Waals surface area (Å²) >= 11 is 0. The van der Waals surface area contributed by atoms with Crippen LogP contribution in [0, 0.1) is 56.7 Å². The number of carbonyl (C=O) groups excluding carboxylic acids is 2. The number of hydrogen-bond acceptors (Lipinski definition) is 9. The zero-order valence-electron chi connectivity index (χ0n) is 31.9. The summed E-state index contributed by atoms with van der Waals surface area (Å²) in [6.45, 7) is 18.4. The minimum absolute atomic E-state index is 0.0303. The molecule has 0 amide bonds. The van der Waals surface area contributed by atoms with Crippen molar-refractivity contribution < 1.29 is 43.2 Å². The third kappa shape index (κ3) is 5.98. The van der Waals surface area contributed by atoms with Crippen molar-refractivity contribution in [2.75, 3.05) is 47.6 Å². The molecular weight excluding hydrogens is 626 g/mol. The lowest BCUT2D eigenvalue weighted by Crippen LogP contribution is -2.70. The first-order valence-corrected chi connectivity index (χ1v) is 18.5. The van der Waals surface area contributed by atoms with Crippen molar-refractivity contribution in [2.24, 2.45) is 56.7 Å². The Morgan fingerprint density at radius 2 is 1.67 bits per heavy atom. The first-order valence-electron chi connectivity index (χ1n) is 18.5. The van der Waals surface area contributed by atoms with Gasteiger partial charge in [0.25, 0.3) is 0 Å². The quantitative estimate of drug-likeness (QED) is 0.158. The molecule has 0 aromatic rings. The van der Waals surface area contributed by atoms with Gasteiger partial charge in [-0.15, -0.1) is 0 Å². The third-order valence-corrected chi connectivity index (χ3v) is 15.0. The molecule has 278 valence electrons. The monoisotopic (exact) mass is 689 g/mol. The molecule has 3 saturated carbocycles. The lowest BCUT2D eigenvalue weighted by Gasteiger charge is -2.71. The smallest absolute Gasteiger partial charge is 0.320 e. The first-order chi connectivity index (χ1) is 22.8. The van der Waals surface area contributed by atoms with Gasteiger partial charge in [-0.3, -0.25) is 19.3 Å². The van der Waals surface area contributed by atoms with Gasteiger partial charge < -0.3 is 28.8 Å². The van der Waals surface area contributed by atoms with Crippen LogP contribution in [0.25, 0.3) is 0 Å². The zero-order valence-corrected chi connectivity index (χ0v) is 31.9. The molecular formula is C39H63NO9. The number of nitrogens with zero attached hydrogens (tertiary/aromatic N) is 1. The molecule has 10 nitrogen and oxygen atoms in total. The number of carboxylic acids is 1. The maximum absolute atomic E-state index is 13.5. The van der Waals surface area contributed by atoms with E-state index in [1.165, 1.54) is 12.5 Å². The van der Waals surface area contributed by atoms with Gasteiger partial charge in [-0.25, -0.2) is 0 Å². The van der Waals surface area contributed by atoms with Crippen molar-refractivity contribution in [1.82, 2.24) is 4.90 Å². The normalized spacial score (nSPS) is 42.1. The molecule has 4 aliphatic carbocycles. The highest BCUT2D eigenvalue weighted by molar-refractivity contribution is 5.73. The SMILES string of the molecule is COC(CN(C)CC(=O)O[C@H]1[C@H](OC(C)=O)C[C@@]23COC[C@@]1(C)[C@@H]2CC[C@H]1C3=CC[C@@]2(C)[C@H](C(=O)O)[C@@](C)([C@H](C)C(C)C)CC[C@]12C)OC. The highest BCUT2D eigenvalue weighted by atomic mass is 16.7. The summed E-state index contributed by atoms with van der Waals surface area (Å²) in [5.41, 5.74) is -0.588. The maximum Gasteiger partial charge on any atom is 0.320 e. The fraction of sp³-hybridized carbons (Fsp3) is 0.872. The van der Waals surface area contributed by atoms with Crippen molar-refractivity contribution >= 4 is 17.9 Å². The number of aliphatic carboxylic acids is 1. The standard InChI is InChI=1S/C39H63NO9/c1-23(2)24(3)35(5)16-17-37(7)26-12-13-29-36(6)21-47-22-39(29,27(26)14-15-38(37,8)32(35)34(43)44)18-28(48-25(4)41)33(36)49-30(42)19-40(9)20-31(45-10)46-11/h14,23-24,26,28-29,31-33H,12-13,15-22H2,1-11H3,(H,43,44)/t24-,26+,28-,29+,32-,33+,35-,36+,37-,38+,39+/m1/s1. The minimum Gasteiger partial charge on any atom is -0.481 e. The van der Waals surface area contributed by atoms with Crippen molar-refractivity contribution in [2.45, 2.75) is 112 Å². The summed E-state index contributed by atoms with van der Waals surface area (Å²) in [6.07, 6.45) is 5.51. The van der Waals surface area contributed by atoms with Gasteiger partial charge in [0.15, 0.2) is 6.29 Å². The van der Waals surface area contributed by atoms with E-state index >= 15 is 0 Å². The Morgan fingerprint density at radius 1 is 1.00 bits per heavy atom. The number of methoxy groups -OCH3 is 2. The van der Waals surface area contributed by atoms with E-state index in [2.05, 4.69) is 54.5 Å². The molecule has 0 radical (unpaired) electrons. The Labute approximate surface area is 293 Å². The molecule has 5 rings (SSSR count). The molecule has 10 heteroatoms. The van der Waals surface area contributed by atoms with Gasteiger partial charge in [-0.05, 0) is 85.5 Å². The Hall–Kier alpha value is -2.01. The van der Waals surface area contributed by atoms with E-state index in [4.69, 9.17) is 23.7 Å². The Balaban J connectivity index is 1.51. The van der Waals surface area contributed by atoms with E-state index in [1.54, 1.807) is 19.1 Å². The predicted molar refractivity (Wildman–Crippen MR) is 184 cm³/mol. The summed E-state index contributed by atoms with van der Waals surface area (Å²) in [4.78, 5) is 41.3. The van der Waals surface area contributed by atoms with E-state index in [-0.39, 0.29) is 35.1 Å². The van der Waals surface area contributed by atoms with Crippen LogP contribution in [0.1, 0.15) is 93.9 Å². The van der Waals surface area contributed by atoms with E-state index in [9.17, 15) is 19.5 Å². The van der Waals surface area contributed by atoms with Gasteiger partial charge in [0.2, 0.25) is 0 Å². The Bertz CT molecular complexity index is 1310. The van der Waals surface area contributed by atoms with Crippen molar-refractivity contribution in [3.05, 3.63) is 11.6 Å². The molecule has 11 atom stereocenters. The lowest BCUT2D eigenvalue weighted by molar-refractivity contribution is -0.263. The van der Waals surface area contributed by atoms with Gasteiger partial charge in [0.1, 0.15) is 12.2 Å². The van der Waals surface area contributed by atoms with Gasteiger partial charge in [0, 0.05) is 38.5 Å². The maximum atomic E-state index is 13.5. The number of fused-ring (bicyclic) bond motifs is 3. The van der Waals surface area contributed by atoms with Gasteiger partial charge in [-0.2, -0.15) is 0 Å². The van der Waals surface area contributed by atoms with Crippen LogP contribution in [-0.4, -0.2) is 94.0 Å². The minimum atomic E-state index is -0.677. The second kappa shape index (κ2) is 13.5. The zero-order chi connectivity index (χ0) is 36.3. The molecule has 2 bridgehead atoms. The first kappa shape index (κ1) is 38.2. The lowest BCUT2D eigenvalue weighted by atomic mass is 9.34. The number of carbonyl (C=O) groups is 3. The average molecular weight is 690 g/mol. The van der Waals surface area contributed by atoms with Crippen LogP contribution in [-0.2, 0) is 38.1 Å². The Morgan fingerprint density at radius 3 is 2.27 bits per heavy atom. The number of carboxylic acid groups (broad SMARTS) is 1. The highest BCUT2D eigenvalue weighted by Crippen LogP contribution is 2.75. The molecule has 1 saturated heterocycles. The van der Waals surface area contributed by atoms with E-state index in [0.29, 0.717) is 38.5 Å². The second-order valence-electron chi connectivity index (χ2n) is 17.7. The van der Waals surface area contributed by atoms with Crippen LogP contribution in [0.4, 0.5) is 0 Å². The van der Waals surface area contributed by atoms with E-state index in [1.807, 2.05) is 7.05 Å². The number of rotatable bonds is 11. The summed E-state index contributed by atoms with van der Waals surface area (Å²) in [5, 5.41) is 11.0. The number of allylic oxidation sites excluding steroid dienone is 1. The fourth-order valence-corrected chi connectivity index (χ4v) is 12.1. The number of likely N-dealkylation sites (N-methyl/N-ethyl adjacent to an activating group) is 1. The third-order valence-electron chi connectivity index (χ3n) is 15.0. The average Bonchev–Trinajstić information content (AvgIpc) is 3.01. The molecule has 5 aliphatic rings. The summed E-state index contributed by atoms with van der Waals surface area (Å²) in [6, 6.07) is 0. The molecule has 0 spiro atoms. The van der Waals surface area contributed by atoms with Crippen LogP contribution < -0.4 is 0 Å². The summed E-state index contributed by atoms with van der Waals surface area (Å²) in [7, 11) is 4.93. The number of esters is 2. The van der Waals surface area contributed by atoms with E-state index < -0.39 is 58.6 Å². The summed E-state index contributed by atoms with van der Waals surface area (Å²) < 4.78 is 29.5. The molecule has 1 N–H and O–H groups in total. The number of ether oxygens (including phenoxy) is 5. The van der Waals surface area contributed by atoms with Crippen LogP contribution >= 0.6 is 0 Å². The second-order valence-corrected chi connectivity index (χ2v) is 17.7. The molecule has 0 aromatic carbocycles. The van der Waals surface area contributed by atoms with Gasteiger partial charge >= 0.3 is 17.9 Å². The van der Waals surface area contributed by atoms with Crippen molar-refractivity contribution in [3.63, 3.8) is 0 Å². The molecule has 4 fully saturated rings. The molecule has 0 aromatic heterocycles. The fourth-order valence-electron chi connectivity index (χ4n) is 12.1. The Kier molecular flexibility index (Phi) is 10.5. The van der Waals surface area contributed by atoms with Crippen LogP contribution in [0.2, 0.25) is 0 Å². The summed E-state index contributed by atoms with van der Waals surface area (Å²) in [5.74, 6) is -0.946. The largest absolute Gasteiger partial charge is 0.481 e.